The molecule has 0 spiro atoms. The van der Waals surface area contributed by atoms with Gasteiger partial charge in [-0.3, -0.25) is 4.68 Å². The van der Waals surface area contributed by atoms with Crippen molar-refractivity contribution in [3.63, 3.8) is 0 Å². The summed E-state index contributed by atoms with van der Waals surface area (Å²) >= 11 is 0. The zero-order valence-corrected chi connectivity index (χ0v) is 12.6. The summed E-state index contributed by atoms with van der Waals surface area (Å²) in [6.45, 7) is 7.52. The molecule has 1 saturated heterocycles. The zero-order valence-electron chi connectivity index (χ0n) is 12.6. The minimum absolute atomic E-state index is 0.713. The van der Waals surface area contributed by atoms with Gasteiger partial charge in [0.25, 0.3) is 0 Å². The maximum absolute atomic E-state index is 4.35. The maximum atomic E-state index is 4.35. The van der Waals surface area contributed by atoms with Crippen molar-refractivity contribution in [1.82, 2.24) is 19.7 Å². The van der Waals surface area contributed by atoms with Gasteiger partial charge in [0.1, 0.15) is 5.82 Å². The maximum Gasteiger partial charge on any atom is 0.126 e. The molecule has 1 atom stereocenters. The van der Waals surface area contributed by atoms with Crippen LogP contribution in [0.2, 0.25) is 0 Å². The van der Waals surface area contributed by atoms with Crippen LogP contribution < -0.4 is 5.32 Å². The van der Waals surface area contributed by atoms with Crippen LogP contribution in [-0.2, 0) is 6.54 Å². The highest BCUT2D eigenvalue weighted by Gasteiger charge is 2.21. The van der Waals surface area contributed by atoms with Gasteiger partial charge in [0.2, 0.25) is 0 Å². The predicted molar refractivity (Wildman–Crippen MR) is 84.2 cm³/mol. The molecule has 112 valence electrons. The Morgan fingerprint density at radius 2 is 2.29 bits per heavy atom. The van der Waals surface area contributed by atoms with E-state index in [1.807, 2.05) is 35.4 Å². The van der Waals surface area contributed by atoms with Gasteiger partial charge in [-0.25, -0.2) is 4.98 Å². The molecule has 3 heterocycles. The van der Waals surface area contributed by atoms with Crippen LogP contribution in [0.5, 0.6) is 0 Å². The van der Waals surface area contributed by atoms with Gasteiger partial charge in [-0.05, 0) is 49.6 Å². The van der Waals surface area contributed by atoms with E-state index in [9.17, 15) is 0 Å². The number of nitrogens with one attached hydrogen (secondary N) is 1. The summed E-state index contributed by atoms with van der Waals surface area (Å²) in [5, 5.41) is 7.71. The molecule has 0 aromatic carbocycles. The first-order valence-corrected chi connectivity index (χ1v) is 7.66. The lowest BCUT2D eigenvalue weighted by Gasteiger charge is -2.16. The molecular formula is C16H23N5. The van der Waals surface area contributed by atoms with Crippen molar-refractivity contribution in [2.24, 2.45) is 5.92 Å². The minimum Gasteiger partial charge on any atom is -0.370 e. The third-order valence-corrected chi connectivity index (χ3v) is 4.06. The van der Waals surface area contributed by atoms with Crippen molar-refractivity contribution in [3.8, 4) is 0 Å². The Balaban J connectivity index is 1.40. The number of rotatable bonds is 6. The Hall–Kier alpha value is -1.88. The molecule has 0 saturated carbocycles. The highest BCUT2D eigenvalue weighted by Crippen LogP contribution is 2.17. The van der Waals surface area contributed by atoms with E-state index >= 15 is 0 Å². The van der Waals surface area contributed by atoms with Crippen LogP contribution in [0.3, 0.4) is 0 Å². The monoisotopic (exact) mass is 285 g/mol. The van der Waals surface area contributed by atoms with Crippen LogP contribution in [0.4, 0.5) is 5.82 Å². The molecule has 1 fully saturated rings. The van der Waals surface area contributed by atoms with E-state index in [0.29, 0.717) is 5.92 Å². The van der Waals surface area contributed by atoms with Crippen LogP contribution in [-0.4, -0.2) is 45.8 Å². The van der Waals surface area contributed by atoms with E-state index in [4.69, 9.17) is 0 Å². The third kappa shape index (κ3) is 4.04. The first-order valence-electron chi connectivity index (χ1n) is 7.66. The largest absolute Gasteiger partial charge is 0.370 e. The van der Waals surface area contributed by atoms with Crippen molar-refractivity contribution in [2.45, 2.75) is 19.9 Å². The van der Waals surface area contributed by atoms with E-state index in [0.717, 1.165) is 25.5 Å². The summed E-state index contributed by atoms with van der Waals surface area (Å²) < 4.78 is 2.00. The number of nitrogens with zero attached hydrogens (tertiary/aromatic N) is 4. The molecule has 0 bridgehead atoms. The van der Waals surface area contributed by atoms with Crippen molar-refractivity contribution in [1.29, 1.82) is 0 Å². The van der Waals surface area contributed by atoms with Crippen molar-refractivity contribution >= 4 is 5.82 Å². The number of aromatic nitrogens is 3. The molecule has 1 unspecified atom stereocenters. The van der Waals surface area contributed by atoms with Crippen LogP contribution in [0.15, 0.2) is 36.8 Å². The topological polar surface area (TPSA) is 46.0 Å². The van der Waals surface area contributed by atoms with Gasteiger partial charge in [0.05, 0.1) is 6.54 Å². The summed E-state index contributed by atoms with van der Waals surface area (Å²) in [5.74, 6) is 1.70. The Kier molecular flexibility index (Phi) is 4.50. The fourth-order valence-electron chi connectivity index (χ4n) is 2.84. The molecule has 5 heteroatoms. The number of likely N-dealkylation sites (tertiary alicyclic amines) is 1. The SMILES string of the molecule is Cc1ccnc(NCC2CCN(CCn3cccn3)C2)c1. The molecule has 3 rings (SSSR count). The number of hydrogen-bond donors (Lipinski definition) is 1. The normalized spacial score (nSPS) is 19.0. The second-order valence-corrected chi connectivity index (χ2v) is 5.82. The van der Waals surface area contributed by atoms with Crippen LogP contribution in [0.1, 0.15) is 12.0 Å². The minimum atomic E-state index is 0.713. The Labute approximate surface area is 126 Å². The average Bonchev–Trinajstić information content (AvgIpc) is 3.15. The number of pyridine rings is 1. The van der Waals surface area contributed by atoms with Crippen molar-refractivity contribution in [2.75, 3.05) is 31.5 Å². The van der Waals surface area contributed by atoms with E-state index in [1.54, 1.807) is 0 Å². The van der Waals surface area contributed by atoms with Gasteiger partial charge in [-0.2, -0.15) is 5.10 Å². The molecular weight excluding hydrogens is 262 g/mol. The third-order valence-electron chi connectivity index (χ3n) is 4.06. The van der Waals surface area contributed by atoms with Gasteiger partial charge < -0.3 is 10.2 Å². The first kappa shape index (κ1) is 14.1. The van der Waals surface area contributed by atoms with Gasteiger partial charge in [0.15, 0.2) is 0 Å². The zero-order chi connectivity index (χ0) is 14.5. The van der Waals surface area contributed by atoms with Crippen molar-refractivity contribution < 1.29 is 0 Å². The van der Waals surface area contributed by atoms with Gasteiger partial charge >= 0.3 is 0 Å². The number of anilines is 1. The van der Waals surface area contributed by atoms with Crippen LogP contribution in [0, 0.1) is 12.8 Å². The van der Waals surface area contributed by atoms with E-state index in [-0.39, 0.29) is 0 Å². The van der Waals surface area contributed by atoms with Crippen molar-refractivity contribution in [3.05, 3.63) is 42.4 Å². The fourth-order valence-corrected chi connectivity index (χ4v) is 2.84. The first-order chi connectivity index (χ1) is 10.3. The highest BCUT2D eigenvalue weighted by atomic mass is 15.3. The van der Waals surface area contributed by atoms with E-state index in [2.05, 4.69) is 33.3 Å². The molecule has 2 aromatic heterocycles. The second-order valence-electron chi connectivity index (χ2n) is 5.82. The average molecular weight is 285 g/mol. The predicted octanol–water partition coefficient (Wildman–Crippen LogP) is 2.02. The summed E-state index contributed by atoms with van der Waals surface area (Å²) in [5.41, 5.74) is 1.25. The van der Waals surface area contributed by atoms with Gasteiger partial charge in [0, 0.05) is 38.2 Å². The smallest absolute Gasteiger partial charge is 0.126 e. The molecule has 1 N–H and O–H groups in total. The summed E-state index contributed by atoms with van der Waals surface area (Å²) in [6, 6.07) is 6.10. The number of aryl methyl sites for hydroxylation is 1. The summed E-state index contributed by atoms with van der Waals surface area (Å²) in [7, 11) is 0. The molecule has 1 aliphatic heterocycles. The molecule has 0 radical (unpaired) electrons. The van der Waals surface area contributed by atoms with Crippen LogP contribution in [0.25, 0.3) is 0 Å². The molecule has 2 aromatic rings. The highest BCUT2D eigenvalue weighted by molar-refractivity contribution is 5.36. The quantitative estimate of drug-likeness (QED) is 0.882. The molecule has 21 heavy (non-hydrogen) atoms. The fraction of sp³-hybridized carbons (Fsp3) is 0.500. The molecule has 5 nitrogen and oxygen atoms in total. The Bertz CT molecular complexity index is 552. The van der Waals surface area contributed by atoms with Gasteiger partial charge in [-0.15, -0.1) is 0 Å². The standard InChI is InChI=1S/C16H23N5/c1-14-3-6-17-16(11-14)18-12-15-4-8-20(13-15)9-10-21-7-2-5-19-21/h2-3,5-7,11,15H,4,8-10,12-13H2,1H3,(H,17,18). The lowest BCUT2D eigenvalue weighted by molar-refractivity contribution is 0.305. The summed E-state index contributed by atoms with van der Waals surface area (Å²) in [6.07, 6.45) is 6.99. The number of hydrogen-bond acceptors (Lipinski definition) is 4. The second kappa shape index (κ2) is 6.72. The summed E-state index contributed by atoms with van der Waals surface area (Å²) in [4.78, 5) is 6.88. The Morgan fingerprint density at radius 3 is 3.10 bits per heavy atom. The lowest BCUT2D eigenvalue weighted by Crippen LogP contribution is -2.26. The van der Waals surface area contributed by atoms with Gasteiger partial charge in [-0.1, -0.05) is 0 Å². The lowest BCUT2D eigenvalue weighted by atomic mass is 10.1. The molecule has 1 aliphatic rings. The van der Waals surface area contributed by atoms with Crippen LogP contribution >= 0.6 is 0 Å². The molecule has 0 amide bonds. The van der Waals surface area contributed by atoms with E-state index < -0.39 is 0 Å². The molecule has 0 aliphatic carbocycles. The van der Waals surface area contributed by atoms with E-state index in [1.165, 1.54) is 25.1 Å². The Morgan fingerprint density at radius 1 is 1.33 bits per heavy atom.